The molecule has 1 aliphatic carbocycles. The number of halogens is 1. The van der Waals surface area contributed by atoms with Crippen molar-refractivity contribution in [2.75, 3.05) is 12.9 Å². The fourth-order valence-corrected chi connectivity index (χ4v) is 3.86. The van der Waals surface area contributed by atoms with Crippen LogP contribution in [0.3, 0.4) is 0 Å². The van der Waals surface area contributed by atoms with Crippen LogP contribution < -0.4 is 0 Å². The van der Waals surface area contributed by atoms with Crippen LogP contribution in [-0.4, -0.2) is 33.4 Å². The van der Waals surface area contributed by atoms with Gasteiger partial charge in [0, 0.05) is 17.4 Å². The minimum atomic E-state index is -3.46. The Morgan fingerprint density at radius 2 is 1.83 bits per heavy atom. The largest absolute Gasteiger partial charge is 0.465 e. The molecule has 1 aromatic rings. The van der Waals surface area contributed by atoms with E-state index in [0.717, 1.165) is 11.8 Å². The van der Waals surface area contributed by atoms with Crippen molar-refractivity contribution in [1.82, 2.24) is 0 Å². The molecule has 0 atom stereocenters. The van der Waals surface area contributed by atoms with Gasteiger partial charge in [-0.15, -0.1) is 0 Å². The lowest BCUT2D eigenvalue weighted by Gasteiger charge is -2.39. The van der Waals surface area contributed by atoms with Crippen molar-refractivity contribution in [1.29, 1.82) is 0 Å². The Labute approximate surface area is 142 Å². The van der Waals surface area contributed by atoms with Gasteiger partial charge in [-0.05, 0) is 43.4 Å². The zero-order chi connectivity index (χ0) is 17.1. The molecule has 7 heteroatoms. The highest BCUT2D eigenvalue weighted by Crippen LogP contribution is 2.41. The summed E-state index contributed by atoms with van der Waals surface area (Å²) in [7, 11) is -3.46. The molecule has 1 aliphatic rings. The number of ether oxygens (including phenoxy) is 1. The van der Waals surface area contributed by atoms with E-state index in [4.69, 9.17) is 20.5 Å². The molecule has 0 spiro atoms. The molecule has 0 aromatic heterocycles. The van der Waals surface area contributed by atoms with Gasteiger partial charge in [0.05, 0.1) is 12.4 Å². The molecule has 0 bridgehead atoms. The van der Waals surface area contributed by atoms with Crippen molar-refractivity contribution in [3.05, 3.63) is 34.9 Å². The van der Waals surface area contributed by atoms with E-state index in [0.29, 0.717) is 30.7 Å². The molecule has 1 saturated carbocycles. The number of benzene rings is 1. The second-order valence-electron chi connectivity index (χ2n) is 6.07. The molecule has 0 N–H and O–H groups in total. The molecule has 0 aliphatic heterocycles. The Kier molecular flexibility index (Phi) is 5.70. The van der Waals surface area contributed by atoms with Gasteiger partial charge in [0.1, 0.15) is 6.61 Å². The lowest BCUT2D eigenvalue weighted by molar-refractivity contribution is -0.143. The zero-order valence-corrected chi connectivity index (χ0v) is 14.8. The first-order valence-electron chi connectivity index (χ1n) is 7.48. The standard InChI is InChI=1S/C16H21ClO5S/c1-12(18)21-11-16(13-3-5-14(17)6-4-13)9-7-15(8-10-16)22-23(2,19)20/h3-6,15H,7-11H2,1-2H3/t15-,16+. The molecule has 23 heavy (non-hydrogen) atoms. The van der Waals surface area contributed by atoms with Gasteiger partial charge in [-0.1, -0.05) is 23.7 Å². The molecule has 1 aromatic carbocycles. The molecular weight excluding hydrogens is 340 g/mol. The maximum absolute atomic E-state index is 11.3. The van der Waals surface area contributed by atoms with Gasteiger partial charge in [0.25, 0.3) is 10.1 Å². The van der Waals surface area contributed by atoms with Gasteiger partial charge in [0.15, 0.2) is 0 Å². The lowest BCUT2D eigenvalue weighted by Crippen LogP contribution is -2.39. The van der Waals surface area contributed by atoms with Crippen molar-refractivity contribution < 1.29 is 22.1 Å². The number of hydrogen-bond donors (Lipinski definition) is 0. The Morgan fingerprint density at radius 3 is 2.30 bits per heavy atom. The van der Waals surface area contributed by atoms with Crippen LogP contribution in [0.2, 0.25) is 5.02 Å². The van der Waals surface area contributed by atoms with Crippen molar-refractivity contribution in [3.8, 4) is 0 Å². The molecule has 0 amide bonds. The molecule has 0 unspecified atom stereocenters. The lowest BCUT2D eigenvalue weighted by atomic mass is 9.69. The fourth-order valence-electron chi connectivity index (χ4n) is 3.05. The summed E-state index contributed by atoms with van der Waals surface area (Å²) in [4.78, 5) is 11.2. The van der Waals surface area contributed by atoms with E-state index in [1.165, 1.54) is 6.92 Å². The molecule has 128 valence electrons. The van der Waals surface area contributed by atoms with Crippen molar-refractivity contribution >= 4 is 27.7 Å². The van der Waals surface area contributed by atoms with Crippen molar-refractivity contribution in [2.24, 2.45) is 0 Å². The van der Waals surface area contributed by atoms with Crippen LogP contribution in [0.5, 0.6) is 0 Å². The summed E-state index contributed by atoms with van der Waals surface area (Å²) in [5.74, 6) is -0.326. The molecule has 5 nitrogen and oxygen atoms in total. The molecular formula is C16H21ClO5S. The second-order valence-corrected chi connectivity index (χ2v) is 8.10. The van der Waals surface area contributed by atoms with Gasteiger partial charge in [-0.2, -0.15) is 8.42 Å². The predicted octanol–water partition coefficient (Wildman–Crippen LogP) is 3.06. The molecule has 0 saturated heterocycles. The summed E-state index contributed by atoms with van der Waals surface area (Å²) in [5, 5.41) is 0.644. The van der Waals surface area contributed by atoms with Crippen LogP contribution >= 0.6 is 11.6 Å². The number of esters is 1. The minimum Gasteiger partial charge on any atom is -0.465 e. The summed E-state index contributed by atoms with van der Waals surface area (Å²) in [6.07, 6.45) is 3.30. The topological polar surface area (TPSA) is 69.7 Å². The van der Waals surface area contributed by atoms with E-state index >= 15 is 0 Å². The normalized spacial score (nSPS) is 25.1. The van der Waals surface area contributed by atoms with E-state index in [1.807, 2.05) is 24.3 Å². The molecule has 2 rings (SSSR count). The third-order valence-electron chi connectivity index (χ3n) is 4.21. The SMILES string of the molecule is CC(=O)OC[C@]1(c2ccc(Cl)cc2)CC[C@@H](OS(C)(=O)=O)CC1. The Hall–Kier alpha value is -1.11. The predicted molar refractivity (Wildman–Crippen MR) is 87.9 cm³/mol. The highest BCUT2D eigenvalue weighted by molar-refractivity contribution is 7.86. The van der Waals surface area contributed by atoms with Crippen LogP contribution in [0.1, 0.15) is 38.2 Å². The summed E-state index contributed by atoms with van der Waals surface area (Å²) in [6.45, 7) is 1.66. The van der Waals surface area contributed by atoms with E-state index in [-0.39, 0.29) is 24.1 Å². The van der Waals surface area contributed by atoms with Crippen molar-refractivity contribution in [2.45, 2.75) is 44.1 Å². The summed E-state index contributed by atoms with van der Waals surface area (Å²) < 4.78 is 32.9. The number of rotatable bonds is 5. The first-order chi connectivity index (χ1) is 10.7. The number of carbonyl (C=O) groups excluding carboxylic acids is 1. The smallest absolute Gasteiger partial charge is 0.302 e. The van der Waals surface area contributed by atoms with Gasteiger partial charge < -0.3 is 4.74 Å². The Balaban J connectivity index is 2.17. The second kappa shape index (κ2) is 7.20. The number of carbonyl (C=O) groups is 1. The fraction of sp³-hybridized carbons (Fsp3) is 0.562. The highest BCUT2D eigenvalue weighted by Gasteiger charge is 2.39. The maximum atomic E-state index is 11.3. The third-order valence-corrected chi connectivity index (χ3v) is 5.08. The molecule has 0 radical (unpaired) electrons. The highest BCUT2D eigenvalue weighted by atomic mass is 35.5. The minimum absolute atomic E-state index is 0.273. The zero-order valence-electron chi connectivity index (χ0n) is 13.2. The molecule has 0 heterocycles. The average molecular weight is 361 g/mol. The molecule has 1 fully saturated rings. The average Bonchev–Trinajstić information content (AvgIpc) is 2.46. The van der Waals surface area contributed by atoms with E-state index < -0.39 is 10.1 Å². The first-order valence-corrected chi connectivity index (χ1v) is 9.67. The maximum Gasteiger partial charge on any atom is 0.302 e. The third kappa shape index (κ3) is 5.19. The monoisotopic (exact) mass is 360 g/mol. The summed E-state index contributed by atoms with van der Waals surface area (Å²) in [6, 6.07) is 7.49. The van der Waals surface area contributed by atoms with Gasteiger partial charge in [-0.3, -0.25) is 8.98 Å². The van der Waals surface area contributed by atoms with Crippen molar-refractivity contribution in [3.63, 3.8) is 0 Å². The Morgan fingerprint density at radius 1 is 1.26 bits per heavy atom. The van der Waals surface area contributed by atoms with E-state index in [9.17, 15) is 13.2 Å². The first kappa shape index (κ1) is 18.2. The summed E-state index contributed by atoms with van der Waals surface area (Å²) in [5.41, 5.74) is 0.717. The Bertz CT molecular complexity index is 646. The number of hydrogen-bond acceptors (Lipinski definition) is 5. The summed E-state index contributed by atoms with van der Waals surface area (Å²) >= 11 is 5.95. The van der Waals surface area contributed by atoms with Gasteiger partial charge in [0.2, 0.25) is 0 Å². The van der Waals surface area contributed by atoms with E-state index in [1.54, 1.807) is 0 Å². The van der Waals surface area contributed by atoms with Crippen LogP contribution in [0.15, 0.2) is 24.3 Å². The van der Waals surface area contributed by atoms with Gasteiger partial charge >= 0.3 is 5.97 Å². The van der Waals surface area contributed by atoms with Crippen LogP contribution in [-0.2, 0) is 29.2 Å². The van der Waals surface area contributed by atoms with Gasteiger partial charge in [-0.25, -0.2) is 0 Å². The van der Waals surface area contributed by atoms with Crippen LogP contribution in [0.4, 0.5) is 0 Å². The van der Waals surface area contributed by atoms with E-state index in [2.05, 4.69) is 0 Å². The van der Waals surface area contributed by atoms with Crippen LogP contribution in [0.25, 0.3) is 0 Å². The quantitative estimate of drug-likeness (QED) is 0.596. The van der Waals surface area contributed by atoms with Crippen LogP contribution in [0, 0.1) is 0 Å².